The molecule has 21 heavy (non-hydrogen) atoms. The first kappa shape index (κ1) is 16.1. The van der Waals surface area contributed by atoms with Gasteiger partial charge in [0.05, 0.1) is 23.0 Å². The van der Waals surface area contributed by atoms with Crippen molar-refractivity contribution in [1.82, 2.24) is 15.1 Å². The average Bonchev–Trinajstić information content (AvgIpc) is 2.83. The zero-order valence-electron chi connectivity index (χ0n) is 13.1. The van der Waals surface area contributed by atoms with Crippen LogP contribution in [0.2, 0.25) is 5.02 Å². The molecule has 1 N–H and O–H groups in total. The maximum absolute atomic E-state index is 6.41. The van der Waals surface area contributed by atoms with Crippen molar-refractivity contribution in [2.75, 3.05) is 6.54 Å². The van der Waals surface area contributed by atoms with Gasteiger partial charge in [-0.1, -0.05) is 55.3 Å². The van der Waals surface area contributed by atoms with E-state index in [9.17, 15) is 0 Å². The minimum Gasteiger partial charge on any atom is -0.305 e. The fourth-order valence-electron chi connectivity index (χ4n) is 2.47. The number of hydrogen-bond acceptors (Lipinski definition) is 2. The molecule has 2 aromatic rings. The molecule has 114 valence electrons. The molecule has 0 aliphatic heterocycles. The lowest BCUT2D eigenvalue weighted by atomic mass is 10.0. The Morgan fingerprint density at radius 1 is 1.19 bits per heavy atom. The van der Waals surface area contributed by atoms with Crippen LogP contribution in [-0.2, 0) is 6.54 Å². The van der Waals surface area contributed by atoms with Crippen molar-refractivity contribution in [2.45, 2.75) is 46.2 Å². The van der Waals surface area contributed by atoms with Crippen molar-refractivity contribution in [2.24, 2.45) is 0 Å². The number of nitrogens with zero attached hydrogens (tertiary/aromatic N) is 2. The Labute approximate surface area is 132 Å². The van der Waals surface area contributed by atoms with Crippen LogP contribution in [0, 0.1) is 6.92 Å². The van der Waals surface area contributed by atoms with Crippen molar-refractivity contribution in [3.8, 4) is 0 Å². The first-order chi connectivity index (χ1) is 10.2. The van der Waals surface area contributed by atoms with Crippen molar-refractivity contribution in [3.63, 3.8) is 0 Å². The molecule has 0 saturated carbocycles. The second-order valence-corrected chi connectivity index (χ2v) is 5.81. The maximum atomic E-state index is 6.41. The van der Waals surface area contributed by atoms with Gasteiger partial charge in [-0.15, -0.1) is 0 Å². The van der Waals surface area contributed by atoms with E-state index in [1.807, 2.05) is 4.68 Å². The van der Waals surface area contributed by atoms with E-state index >= 15 is 0 Å². The quantitative estimate of drug-likeness (QED) is 0.824. The van der Waals surface area contributed by atoms with Crippen LogP contribution in [-0.4, -0.2) is 16.3 Å². The van der Waals surface area contributed by atoms with E-state index in [-0.39, 0.29) is 6.04 Å². The molecule has 1 atom stereocenters. The first-order valence-electron chi connectivity index (χ1n) is 7.68. The molecule has 0 aliphatic carbocycles. The van der Waals surface area contributed by atoms with E-state index in [1.54, 1.807) is 6.20 Å². The van der Waals surface area contributed by atoms with Gasteiger partial charge in [0.2, 0.25) is 0 Å². The molecule has 0 saturated heterocycles. The van der Waals surface area contributed by atoms with E-state index in [1.165, 1.54) is 11.1 Å². The lowest BCUT2D eigenvalue weighted by Gasteiger charge is -2.21. The Morgan fingerprint density at radius 3 is 2.52 bits per heavy atom. The molecule has 1 heterocycles. The highest BCUT2D eigenvalue weighted by Gasteiger charge is 2.21. The minimum absolute atomic E-state index is 0.0899. The highest BCUT2D eigenvalue weighted by Crippen LogP contribution is 2.28. The van der Waals surface area contributed by atoms with Crippen LogP contribution in [0.1, 0.15) is 49.6 Å². The highest BCUT2D eigenvalue weighted by molar-refractivity contribution is 6.31. The second-order valence-electron chi connectivity index (χ2n) is 5.40. The van der Waals surface area contributed by atoms with Crippen molar-refractivity contribution in [1.29, 1.82) is 0 Å². The molecule has 0 aliphatic rings. The topological polar surface area (TPSA) is 29.9 Å². The smallest absolute Gasteiger partial charge is 0.0837 e. The summed E-state index contributed by atoms with van der Waals surface area (Å²) < 4.78 is 2.02. The second kappa shape index (κ2) is 7.62. The van der Waals surface area contributed by atoms with Gasteiger partial charge >= 0.3 is 0 Å². The third kappa shape index (κ3) is 3.86. The van der Waals surface area contributed by atoms with E-state index in [4.69, 9.17) is 11.6 Å². The summed E-state index contributed by atoms with van der Waals surface area (Å²) in [5.41, 5.74) is 3.56. The number of halogens is 1. The Balaban J connectivity index is 2.40. The molecule has 3 nitrogen and oxygen atoms in total. The zero-order valence-corrected chi connectivity index (χ0v) is 13.8. The van der Waals surface area contributed by atoms with Gasteiger partial charge < -0.3 is 5.32 Å². The third-order valence-electron chi connectivity index (χ3n) is 3.55. The molecule has 4 heteroatoms. The standard InChI is InChI=1S/C17H24ClN3/c1-4-10-19-16(14-8-6-13(3)7-9-14)17-15(18)12-20-21(17)11-5-2/h6-9,12,16,19H,4-5,10-11H2,1-3H3. The molecule has 0 spiro atoms. The SMILES string of the molecule is CCCNC(c1ccc(C)cc1)c1c(Cl)cnn1CCC. The molecule has 1 unspecified atom stereocenters. The Kier molecular flexibility index (Phi) is 5.83. The van der Waals surface area contributed by atoms with E-state index in [0.29, 0.717) is 0 Å². The van der Waals surface area contributed by atoms with Gasteiger partial charge in [0.1, 0.15) is 0 Å². The minimum atomic E-state index is 0.0899. The van der Waals surface area contributed by atoms with E-state index in [0.717, 1.165) is 36.6 Å². The summed E-state index contributed by atoms with van der Waals surface area (Å²) in [6.45, 7) is 8.26. The van der Waals surface area contributed by atoms with Gasteiger partial charge in [-0.3, -0.25) is 4.68 Å². The van der Waals surface area contributed by atoms with Crippen molar-refractivity contribution < 1.29 is 0 Å². The number of nitrogens with one attached hydrogen (secondary N) is 1. The fourth-order valence-corrected chi connectivity index (χ4v) is 2.72. The normalized spacial score (nSPS) is 12.6. The molecule has 0 fully saturated rings. The number of aryl methyl sites for hydroxylation is 2. The summed E-state index contributed by atoms with van der Waals surface area (Å²) in [4.78, 5) is 0. The van der Waals surface area contributed by atoms with Crippen molar-refractivity contribution in [3.05, 3.63) is 52.3 Å². The third-order valence-corrected chi connectivity index (χ3v) is 3.84. The van der Waals surface area contributed by atoms with Gasteiger partial charge in [-0.2, -0.15) is 5.10 Å². The van der Waals surface area contributed by atoms with Gasteiger partial charge in [-0.05, 0) is 31.9 Å². The van der Waals surface area contributed by atoms with Crippen molar-refractivity contribution >= 4 is 11.6 Å². The van der Waals surface area contributed by atoms with Crippen LogP contribution < -0.4 is 5.32 Å². The summed E-state index contributed by atoms with van der Waals surface area (Å²) in [6.07, 6.45) is 3.88. The largest absolute Gasteiger partial charge is 0.305 e. The van der Waals surface area contributed by atoms with Crippen LogP contribution in [0.15, 0.2) is 30.5 Å². The molecular weight excluding hydrogens is 282 g/mol. The molecule has 0 bridgehead atoms. The fraction of sp³-hybridized carbons (Fsp3) is 0.471. The van der Waals surface area contributed by atoms with Crippen LogP contribution in [0.5, 0.6) is 0 Å². The maximum Gasteiger partial charge on any atom is 0.0837 e. The summed E-state index contributed by atoms with van der Waals surface area (Å²) in [7, 11) is 0. The number of benzene rings is 1. The van der Waals surface area contributed by atoms with Gasteiger partial charge in [0, 0.05) is 6.54 Å². The van der Waals surface area contributed by atoms with Gasteiger partial charge in [0.25, 0.3) is 0 Å². The van der Waals surface area contributed by atoms with Gasteiger partial charge in [-0.25, -0.2) is 0 Å². The Bertz CT molecular complexity index is 560. The summed E-state index contributed by atoms with van der Waals surface area (Å²) in [5, 5.41) is 8.76. The number of aromatic nitrogens is 2. The van der Waals surface area contributed by atoms with Crippen LogP contribution in [0.3, 0.4) is 0 Å². The highest BCUT2D eigenvalue weighted by atomic mass is 35.5. The van der Waals surface area contributed by atoms with Gasteiger partial charge in [0.15, 0.2) is 0 Å². The van der Waals surface area contributed by atoms with Crippen LogP contribution in [0.25, 0.3) is 0 Å². The number of hydrogen-bond donors (Lipinski definition) is 1. The summed E-state index contributed by atoms with van der Waals surface area (Å²) in [6, 6.07) is 8.71. The van der Waals surface area contributed by atoms with E-state index < -0.39 is 0 Å². The predicted molar refractivity (Wildman–Crippen MR) is 88.8 cm³/mol. The molecule has 2 rings (SSSR count). The summed E-state index contributed by atoms with van der Waals surface area (Å²) in [5.74, 6) is 0. The molecule has 1 aromatic carbocycles. The van der Waals surface area contributed by atoms with Crippen LogP contribution >= 0.6 is 11.6 Å². The predicted octanol–water partition coefficient (Wildman–Crippen LogP) is 4.34. The lowest BCUT2D eigenvalue weighted by molar-refractivity contribution is 0.511. The summed E-state index contributed by atoms with van der Waals surface area (Å²) >= 11 is 6.41. The molecule has 0 amide bonds. The molecule has 0 radical (unpaired) electrons. The molecule has 1 aromatic heterocycles. The zero-order chi connectivity index (χ0) is 15.2. The monoisotopic (exact) mass is 305 g/mol. The Hall–Kier alpha value is -1.32. The number of rotatable bonds is 7. The van der Waals surface area contributed by atoms with Crippen LogP contribution in [0.4, 0.5) is 0 Å². The average molecular weight is 306 g/mol. The first-order valence-corrected chi connectivity index (χ1v) is 8.06. The Morgan fingerprint density at radius 2 is 1.90 bits per heavy atom. The molecular formula is C17H24ClN3. The lowest BCUT2D eigenvalue weighted by Crippen LogP contribution is -2.26. The van der Waals surface area contributed by atoms with E-state index in [2.05, 4.69) is 55.5 Å².